The number of amidine groups is 1. The van der Waals surface area contributed by atoms with Crippen molar-refractivity contribution in [3.05, 3.63) is 41.6 Å². The summed E-state index contributed by atoms with van der Waals surface area (Å²) in [4.78, 5) is 35.4. The van der Waals surface area contributed by atoms with Crippen LogP contribution in [0.1, 0.15) is 55.3 Å². The third kappa shape index (κ3) is 11.0. The summed E-state index contributed by atoms with van der Waals surface area (Å²) in [6, 6.07) is 6.23. The number of rotatable bonds is 10. The molecule has 3 fully saturated rings. The van der Waals surface area contributed by atoms with Gasteiger partial charge in [0.1, 0.15) is 30.1 Å². The first-order chi connectivity index (χ1) is 19.6. The van der Waals surface area contributed by atoms with Gasteiger partial charge >= 0.3 is 6.18 Å². The van der Waals surface area contributed by atoms with E-state index < -0.39 is 11.7 Å². The molecule has 0 bridgehead atoms. The van der Waals surface area contributed by atoms with E-state index in [-0.39, 0.29) is 36.2 Å². The Bertz CT molecular complexity index is 1050. The SMILES string of the molecule is C=N/C=C(\C(=N/CNc1ccc(C=O)cc1)NC1CCCCC1CC(=O)C1CC1)C(F)(F)F.CN1CCN(C)CC1. The van der Waals surface area contributed by atoms with Crippen molar-refractivity contribution >= 4 is 30.3 Å². The van der Waals surface area contributed by atoms with E-state index in [1.807, 2.05) is 0 Å². The molecule has 0 aromatic heterocycles. The van der Waals surface area contributed by atoms with Crippen molar-refractivity contribution in [2.75, 3.05) is 52.3 Å². The zero-order valence-electron chi connectivity index (χ0n) is 24.1. The van der Waals surface area contributed by atoms with Crippen LogP contribution in [0.25, 0.3) is 0 Å². The average Bonchev–Trinajstić information content (AvgIpc) is 3.80. The van der Waals surface area contributed by atoms with E-state index in [2.05, 4.69) is 51.2 Å². The van der Waals surface area contributed by atoms with Gasteiger partial charge in [0, 0.05) is 62.0 Å². The monoisotopic (exact) mass is 576 g/mol. The van der Waals surface area contributed by atoms with Gasteiger partial charge < -0.3 is 20.4 Å². The predicted molar refractivity (Wildman–Crippen MR) is 158 cm³/mol. The number of carbonyl (C=O) groups is 2. The fraction of sp³-hybridized carbons (Fsp3) is 0.600. The fourth-order valence-corrected chi connectivity index (χ4v) is 5.01. The number of likely N-dealkylation sites (N-methyl/N-ethyl adjacent to an activating group) is 2. The highest BCUT2D eigenvalue weighted by atomic mass is 19.4. The van der Waals surface area contributed by atoms with Gasteiger partial charge in [-0.2, -0.15) is 13.2 Å². The van der Waals surface area contributed by atoms with E-state index in [0.29, 0.717) is 36.6 Å². The van der Waals surface area contributed by atoms with Gasteiger partial charge in [0.05, 0.1) is 0 Å². The van der Waals surface area contributed by atoms with Crippen molar-refractivity contribution in [1.29, 1.82) is 0 Å². The summed E-state index contributed by atoms with van der Waals surface area (Å²) in [6.07, 6.45) is 2.24. The molecule has 0 radical (unpaired) electrons. The number of piperazine rings is 1. The summed E-state index contributed by atoms with van der Waals surface area (Å²) in [5.74, 6) is 0.00726. The molecule has 1 aromatic rings. The lowest BCUT2D eigenvalue weighted by atomic mass is 9.80. The maximum Gasteiger partial charge on any atom is 0.421 e. The Labute approximate surface area is 241 Å². The molecule has 11 heteroatoms. The number of halogens is 3. The van der Waals surface area contributed by atoms with Crippen molar-refractivity contribution in [2.45, 2.75) is 57.2 Å². The lowest BCUT2D eigenvalue weighted by Crippen LogP contribution is -2.45. The first-order valence-electron chi connectivity index (χ1n) is 14.3. The molecular weight excluding hydrogens is 533 g/mol. The van der Waals surface area contributed by atoms with Crippen LogP contribution in [-0.4, -0.2) is 93.6 Å². The Morgan fingerprint density at radius 2 is 1.63 bits per heavy atom. The lowest BCUT2D eigenvalue weighted by Gasteiger charge is -2.33. The number of aliphatic imine (C=N–C) groups is 2. The molecule has 2 saturated carbocycles. The van der Waals surface area contributed by atoms with Crippen LogP contribution >= 0.6 is 0 Å². The van der Waals surface area contributed by atoms with Crippen molar-refractivity contribution in [3.8, 4) is 0 Å². The van der Waals surface area contributed by atoms with Crippen LogP contribution in [0.5, 0.6) is 0 Å². The number of anilines is 1. The predicted octanol–water partition coefficient (Wildman–Crippen LogP) is 4.80. The Balaban J connectivity index is 0.000000496. The number of hydrogen-bond acceptors (Lipinski definition) is 7. The van der Waals surface area contributed by atoms with E-state index in [9.17, 15) is 22.8 Å². The maximum atomic E-state index is 13.8. The average molecular weight is 577 g/mol. The first-order valence-corrected chi connectivity index (χ1v) is 14.3. The third-order valence-corrected chi connectivity index (χ3v) is 7.80. The molecule has 1 aliphatic heterocycles. The van der Waals surface area contributed by atoms with Crippen molar-refractivity contribution < 1.29 is 22.8 Å². The Morgan fingerprint density at radius 1 is 1.02 bits per heavy atom. The van der Waals surface area contributed by atoms with E-state index in [1.54, 1.807) is 24.3 Å². The number of nitrogens with one attached hydrogen (secondary N) is 2. The molecular formula is C30H43F3N6O2. The number of Topliss-reactive ketones (excluding diaryl/α,β-unsaturated/α-hetero) is 1. The van der Waals surface area contributed by atoms with E-state index >= 15 is 0 Å². The number of carbonyl (C=O) groups excluding carboxylic acids is 2. The second kappa shape index (κ2) is 15.8. The van der Waals surface area contributed by atoms with Crippen LogP contribution in [0, 0.1) is 11.8 Å². The van der Waals surface area contributed by atoms with Crippen LogP contribution < -0.4 is 10.6 Å². The van der Waals surface area contributed by atoms with E-state index in [4.69, 9.17) is 0 Å². The molecule has 0 amide bonds. The smallest absolute Gasteiger partial charge is 0.367 e. The van der Waals surface area contributed by atoms with Gasteiger partial charge in [0.2, 0.25) is 0 Å². The molecule has 3 aliphatic rings. The molecule has 2 unspecified atom stereocenters. The number of nitrogens with zero attached hydrogens (tertiary/aromatic N) is 4. The van der Waals surface area contributed by atoms with Gasteiger partial charge in [-0.3, -0.25) is 14.6 Å². The molecule has 1 heterocycles. The van der Waals surface area contributed by atoms with Crippen LogP contribution in [0.3, 0.4) is 0 Å². The Hall–Kier alpha value is -3.05. The zero-order valence-corrected chi connectivity index (χ0v) is 24.1. The molecule has 2 N–H and O–H groups in total. The highest BCUT2D eigenvalue weighted by Gasteiger charge is 2.40. The quantitative estimate of drug-likeness (QED) is 0.237. The largest absolute Gasteiger partial charge is 0.421 e. The summed E-state index contributed by atoms with van der Waals surface area (Å²) in [5.41, 5.74) is 0.108. The van der Waals surface area contributed by atoms with Gasteiger partial charge in [0.25, 0.3) is 0 Å². The molecule has 41 heavy (non-hydrogen) atoms. The molecule has 4 rings (SSSR count). The minimum Gasteiger partial charge on any atom is -0.367 e. The number of ketones is 1. The van der Waals surface area contributed by atoms with Crippen LogP contribution in [-0.2, 0) is 4.79 Å². The van der Waals surface area contributed by atoms with Crippen LogP contribution in [0.4, 0.5) is 18.9 Å². The molecule has 226 valence electrons. The van der Waals surface area contributed by atoms with Gasteiger partial charge in [-0.05, 0) is 76.7 Å². The topological polar surface area (TPSA) is 89.4 Å². The highest BCUT2D eigenvalue weighted by molar-refractivity contribution is 5.99. The number of benzene rings is 1. The van der Waals surface area contributed by atoms with Crippen molar-refractivity contribution in [2.24, 2.45) is 21.8 Å². The normalized spacial score (nSPS) is 22.8. The molecule has 8 nitrogen and oxygen atoms in total. The zero-order chi connectivity index (χ0) is 29.8. The number of hydrogen-bond donors (Lipinski definition) is 2. The second-order valence-electron chi connectivity index (χ2n) is 11.2. The number of aldehydes is 1. The molecule has 2 aliphatic carbocycles. The maximum absolute atomic E-state index is 13.8. The van der Waals surface area contributed by atoms with E-state index in [0.717, 1.165) is 32.1 Å². The molecule has 1 aromatic carbocycles. The van der Waals surface area contributed by atoms with Gasteiger partial charge in [-0.25, -0.2) is 4.99 Å². The summed E-state index contributed by atoms with van der Waals surface area (Å²) in [7, 11) is 4.35. The minimum absolute atomic E-state index is 0.0212. The number of alkyl halides is 3. The summed E-state index contributed by atoms with van der Waals surface area (Å²) in [5, 5.41) is 5.94. The third-order valence-electron chi connectivity index (χ3n) is 7.80. The first kappa shape index (κ1) is 32.5. The highest BCUT2D eigenvalue weighted by Crippen LogP contribution is 2.36. The molecule has 1 saturated heterocycles. The van der Waals surface area contributed by atoms with Crippen molar-refractivity contribution in [3.63, 3.8) is 0 Å². The van der Waals surface area contributed by atoms with Gasteiger partial charge in [-0.15, -0.1) is 0 Å². The van der Waals surface area contributed by atoms with Gasteiger partial charge in [0.15, 0.2) is 0 Å². The Kier molecular flexibility index (Phi) is 12.5. The lowest BCUT2D eigenvalue weighted by molar-refractivity contribution is -0.121. The standard InChI is InChI=1S/C24H29F3N4O2.C6H14N2/c1-28-13-20(24(25,26)27)23(30-15-29-19-10-6-16(14-32)7-11-19)31-21-5-3-2-4-18(21)12-22(33)17-8-9-17;1-7-3-5-8(2)6-4-7/h6-7,10-11,13-14,17-18,21,29H,1-5,8-9,12,15H2,(H,30,31);3-6H2,1-2H3/b20-13+;. The van der Waals surface area contributed by atoms with Crippen molar-refractivity contribution in [1.82, 2.24) is 15.1 Å². The summed E-state index contributed by atoms with van der Waals surface area (Å²) in [6.45, 7) is 7.98. The van der Waals surface area contributed by atoms with E-state index in [1.165, 1.54) is 26.2 Å². The minimum atomic E-state index is -4.67. The van der Waals surface area contributed by atoms with Gasteiger partial charge in [-0.1, -0.05) is 12.8 Å². The summed E-state index contributed by atoms with van der Waals surface area (Å²) >= 11 is 0. The molecule has 0 spiro atoms. The second-order valence-corrected chi connectivity index (χ2v) is 11.2. The fourth-order valence-electron chi connectivity index (χ4n) is 5.01. The van der Waals surface area contributed by atoms with Crippen LogP contribution in [0.2, 0.25) is 0 Å². The Morgan fingerprint density at radius 3 is 2.17 bits per heavy atom. The van der Waals surface area contributed by atoms with Crippen LogP contribution in [0.15, 0.2) is 46.0 Å². The molecule has 2 atom stereocenters. The summed E-state index contributed by atoms with van der Waals surface area (Å²) < 4.78 is 41.3.